The minimum Gasteiger partial charge on any atom is -0.495 e. The van der Waals surface area contributed by atoms with Gasteiger partial charge in [0.15, 0.2) is 5.82 Å². The molecule has 0 unspecified atom stereocenters. The van der Waals surface area contributed by atoms with Crippen molar-refractivity contribution in [3.63, 3.8) is 0 Å². The number of para-hydroxylation sites is 2. The van der Waals surface area contributed by atoms with Gasteiger partial charge in [-0.1, -0.05) is 12.1 Å². The fourth-order valence-corrected chi connectivity index (χ4v) is 3.82. The van der Waals surface area contributed by atoms with Gasteiger partial charge in [0.25, 0.3) is 11.8 Å². The molecule has 1 N–H and O–H groups in total. The van der Waals surface area contributed by atoms with Crippen molar-refractivity contribution in [3.8, 4) is 5.75 Å². The van der Waals surface area contributed by atoms with E-state index in [2.05, 4.69) is 20.4 Å². The molecule has 0 bridgehead atoms. The second-order valence-corrected chi connectivity index (χ2v) is 7.38. The van der Waals surface area contributed by atoms with Crippen molar-refractivity contribution in [1.29, 1.82) is 0 Å². The van der Waals surface area contributed by atoms with Gasteiger partial charge >= 0.3 is 0 Å². The Morgan fingerprint density at radius 2 is 2.03 bits per heavy atom. The highest BCUT2D eigenvalue weighted by Gasteiger charge is 2.34. The van der Waals surface area contributed by atoms with Crippen LogP contribution < -0.4 is 10.1 Å². The van der Waals surface area contributed by atoms with Crippen molar-refractivity contribution >= 4 is 17.5 Å². The van der Waals surface area contributed by atoms with Gasteiger partial charge in [-0.15, -0.1) is 0 Å². The molecule has 0 radical (unpaired) electrons. The van der Waals surface area contributed by atoms with Crippen LogP contribution in [0.5, 0.6) is 5.75 Å². The molecule has 0 aliphatic carbocycles. The van der Waals surface area contributed by atoms with Crippen LogP contribution in [0.3, 0.4) is 0 Å². The number of hydrogen-bond donors (Lipinski definition) is 1. The van der Waals surface area contributed by atoms with Crippen LogP contribution in [0.25, 0.3) is 0 Å². The quantitative estimate of drug-likeness (QED) is 0.681. The van der Waals surface area contributed by atoms with Gasteiger partial charge < -0.3 is 15.0 Å². The molecule has 1 saturated heterocycles. The smallest absolute Gasteiger partial charge is 0.272 e. The summed E-state index contributed by atoms with van der Waals surface area (Å²) in [5.74, 6) is 0.699. The van der Waals surface area contributed by atoms with E-state index in [-0.39, 0.29) is 17.9 Å². The third-order valence-corrected chi connectivity index (χ3v) is 5.45. The van der Waals surface area contributed by atoms with Crippen LogP contribution in [-0.4, -0.2) is 50.1 Å². The van der Waals surface area contributed by atoms with E-state index >= 15 is 0 Å². The molecule has 2 aromatic heterocycles. The van der Waals surface area contributed by atoms with E-state index in [4.69, 9.17) is 4.74 Å². The summed E-state index contributed by atoms with van der Waals surface area (Å²) in [7, 11) is 3.29. The van der Waals surface area contributed by atoms with Gasteiger partial charge in [0, 0.05) is 26.0 Å². The highest BCUT2D eigenvalue weighted by atomic mass is 16.5. The molecule has 1 atom stereocenters. The summed E-state index contributed by atoms with van der Waals surface area (Å²) in [5.41, 5.74) is 2.02. The lowest BCUT2D eigenvalue weighted by Gasteiger charge is -2.24. The predicted octanol–water partition coefficient (Wildman–Crippen LogP) is 2.76. The summed E-state index contributed by atoms with van der Waals surface area (Å²) in [6.07, 6.45) is 4.77. The standard InChI is InChI=1S/C22H24N6O3/c1-14-15(21(29)26-16-7-4-5-9-19(16)31-3)13-23-20(25-14)17-8-6-12-28(17)22(30)18-10-11-24-27(18)2/h4-5,7,9-11,13,17H,6,8,12H2,1-3H3,(H,26,29)/t17-/m0/s1. The van der Waals surface area contributed by atoms with Gasteiger partial charge in [-0.2, -0.15) is 5.10 Å². The number of likely N-dealkylation sites (tertiary alicyclic amines) is 1. The molecule has 9 nitrogen and oxygen atoms in total. The number of methoxy groups -OCH3 is 1. The van der Waals surface area contributed by atoms with Gasteiger partial charge in [0.2, 0.25) is 0 Å². The Balaban J connectivity index is 1.55. The Labute approximate surface area is 180 Å². The number of amides is 2. The van der Waals surface area contributed by atoms with Crippen molar-refractivity contribution < 1.29 is 14.3 Å². The SMILES string of the molecule is COc1ccccc1NC(=O)c1cnc([C@@H]2CCCN2C(=O)c2ccnn2C)nc1C. The van der Waals surface area contributed by atoms with E-state index < -0.39 is 0 Å². The number of nitrogens with zero attached hydrogens (tertiary/aromatic N) is 5. The first-order valence-electron chi connectivity index (χ1n) is 10.1. The molecule has 1 fully saturated rings. The van der Waals surface area contributed by atoms with E-state index in [1.165, 1.54) is 6.20 Å². The lowest BCUT2D eigenvalue weighted by Crippen LogP contribution is -2.33. The summed E-state index contributed by atoms with van der Waals surface area (Å²) in [4.78, 5) is 36.5. The Morgan fingerprint density at radius 1 is 1.23 bits per heavy atom. The lowest BCUT2D eigenvalue weighted by atomic mass is 10.1. The highest BCUT2D eigenvalue weighted by Crippen LogP contribution is 2.31. The number of rotatable bonds is 5. The van der Waals surface area contributed by atoms with Crippen LogP contribution in [0.2, 0.25) is 0 Å². The first-order valence-corrected chi connectivity index (χ1v) is 10.1. The van der Waals surface area contributed by atoms with Crippen molar-refractivity contribution in [3.05, 3.63) is 65.5 Å². The van der Waals surface area contributed by atoms with Crippen LogP contribution in [0, 0.1) is 6.92 Å². The zero-order valence-electron chi connectivity index (χ0n) is 17.7. The number of carbonyl (C=O) groups is 2. The molecule has 3 aromatic rings. The monoisotopic (exact) mass is 420 g/mol. The van der Waals surface area contributed by atoms with Crippen molar-refractivity contribution in [2.24, 2.45) is 7.05 Å². The van der Waals surface area contributed by atoms with Gasteiger partial charge in [0.05, 0.1) is 30.1 Å². The van der Waals surface area contributed by atoms with E-state index in [0.29, 0.717) is 40.8 Å². The number of anilines is 1. The minimum atomic E-state index is -0.317. The van der Waals surface area contributed by atoms with Crippen LogP contribution in [0.15, 0.2) is 42.7 Å². The largest absolute Gasteiger partial charge is 0.495 e. The van der Waals surface area contributed by atoms with Gasteiger partial charge in [0.1, 0.15) is 11.4 Å². The Kier molecular flexibility index (Phi) is 5.66. The van der Waals surface area contributed by atoms with Crippen molar-refractivity contribution in [2.45, 2.75) is 25.8 Å². The van der Waals surface area contributed by atoms with Crippen LogP contribution >= 0.6 is 0 Å². The maximum absolute atomic E-state index is 13.0. The van der Waals surface area contributed by atoms with Gasteiger partial charge in [-0.05, 0) is 38.0 Å². The molecular formula is C22H24N6O3. The number of ether oxygens (including phenoxy) is 1. The molecule has 3 heterocycles. The molecule has 0 saturated carbocycles. The molecular weight excluding hydrogens is 396 g/mol. The number of nitrogens with one attached hydrogen (secondary N) is 1. The number of aryl methyl sites for hydroxylation is 2. The molecule has 1 aliphatic heterocycles. The zero-order valence-corrected chi connectivity index (χ0v) is 17.7. The average Bonchev–Trinajstić information content (AvgIpc) is 3.42. The minimum absolute atomic E-state index is 0.0956. The number of carbonyl (C=O) groups excluding carboxylic acids is 2. The third kappa shape index (κ3) is 3.98. The van der Waals surface area contributed by atoms with E-state index in [0.717, 1.165) is 12.8 Å². The molecule has 160 valence electrons. The fourth-order valence-electron chi connectivity index (χ4n) is 3.82. The third-order valence-electron chi connectivity index (χ3n) is 5.45. The maximum Gasteiger partial charge on any atom is 0.272 e. The summed E-state index contributed by atoms with van der Waals surface area (Å²) in [6.45, 7) is 2.40. The molecule has 1 aliphatic rings. The number of hydrogen-bond acceptors (Lipinski definition) is 6. The maximum atomic E-state index is 13.0. The van der Waals surface area contributed by atoms with Gasteiger partial charge in [-0.25, -0.2) is 9.97 Å². The van der Waals surface area contributed by atoms with E-state index in [1.54, 1.807) is 55.1 Å². The normalized spacial score (nSPS) is 15.7. The van der Waals surface area contributed by atoms with Crippen LogP contribution in [0.1, 0.15) is 51.2 Å². The number of benzene rings is 1. The molecule has 31 heavy (non-hydrogen) atoms. The second-order valence-electron chi connectivity index (χ2n) is 7.38. The summed E-state index contributed by atoms with van der Waals surface area (Å²) in [5, 5.41) is 6.92. The van der Waals surface area contributed by atoms with E-state index in [9.17, 15) is 9.59 Å². The zero-order chi connectivity index (χ0) is 22.0. The molecule has 2 amide bonds. The first-order chi connectivity index (χ1) is 15.0. The van der Waals surface area contributed by atoms with Gasteiger partial charge in [-0.3, -0.25) is 14.3 Å². The average molecular weight is 420 g/mol. The van der Waals surface area contributed by atoms with Crippen molar-refractivity contribution in [2.75, 3.05) is 19.0 Å². The molecule has 1 aromatic carbocycles. The molecule has 9 heteroatoms. The van der Waals surface area contributed by atoms with Crippen LogP contribution in [0.4, 0.5) is 5.69 Å². The fraction of sp³-hybridized carbons (Fsp3) is 0.318. The Morgan fingerprint density at radius 3 is 2.74 bits per heavy atom. The Hall–Kier alpha value is -3.75. The molecule has 0 spiro atoms. The Bertz CT molecular complexity index is 1130. The number of aromatic nitrogens is 4. The lowest BCUT2D eigenvalue weighted by molar-refractivity contribution is 0.0718. The topological polar surface area (TPSA) is 102 Å². The summed E-state index contributed by atoms with van der Waals surface area (Å²) >= 11 is 0. The van der Waals surface area contributed by atoms with Crippen LogP contribution in [-0.2, 0) is 7.05 Å². The van der Waals surface area contributed by atoms with E-state index in [1.807, 2.05) is 12.1 Å². The predicted molar refractivity (Wildman–Crippen MR) is 114 cm³/mol. The summed E-state index contributed by atoms with van der Waals surface area (Å²) < 4.78 is 6.85. The summed E-state index contributed by atoms with van der Waals surface area (Å²) in [6, 6.07) is 8.66. The molecule has 4 rings (SSSR count). The van der Waals surface area contributed by atoms with Crippen molar-refractivity contribution in [1.82, 2.24) is 24.6 Å². The second kappa shape index (κ2) is 8.55. The first kappa shape index (κ1) is 20.5. The highest BCUT2D eigenvalue weighted by molar-refractivity contribution is 6.05.